The third-order valence-electron chi connectivity index (χ3n) is 6.89. The number of carbonyl (C=O) groups is 3. The van der Waals surface area contributed by atoms with Crippen LogP contribution in [0.4, 0.5) is 9.18 Å². The predicted octanol–water partition coefficient (Wildman–Crippen LogP) is 3.20. The van der Waals surface area contributed by atoms with Crippen LogP contribution in [0, 0.1) is 23.1 Å². The molecule has 3 unspecified atom stereocenters. The summed E-state index contributed by atoms with van der Waals surface area (Å²) in [7, 11) is 1.28. The van der Waals surface area contributed by atoms with E-state index in [1.165, 1.54) is 29.0 Å². The zero-order valence-corrected chi connectivity index (χ0v) is 21.9. The maximum Gasteiger partial charge on any atom is 0.411 e. The Morgan fingerprint density at radius 1 is 1.26 bits per heavy atom. The summed E-state index contributed by atoms with van der Waals surface area (Å²) in [5, 5.41) is 16.5. The summed E-state index contributed by atoms with van der Waals surface area (Å²) in [6.45, 7) is 5.26. The summed E-state index contributed by atoms with van der Waals surface area (Å²) < 4.78 is 26.5. The lowest BCUT2D eigenvalue weighted by Gasteiger charge is -2.35. The maximum absolute atomic E-state index is 15.0. The second-order valence-corrected chi connectivity index (χ2v) is 10.8. The standard InChI is InChI=1S/C27H32FN5O5/c1-27(2,3)38-26(36)33-21-8-7-18(10-21)24(33)25(35)31-20(12-29)9-17-6-5-16(11-22(17)28)19-13-30-32(14-19)15-23(34)37-4/h5-6,11,13-14,18,20-21,24H,7-10,15H2,1-4H3,(H,31,35)/t18?,20-,21?,24?/m0/s1. The molecule has 11 heteroatoms. The number of amides is 2. The van der Waals surface area contributed by atoms with Crippen molar-refractivity contribution in [3.8, 4) is 17.2 Å². The molecule has 1 N–H and O–H groups in total. The fourth-order valence-electron chi connectivity index (χ4n) is 5.20. The van der Waals surface area contributed by atoms with Gasteiger partial charge in [0.05, 0.1) is 19.4 Å². The molecule has 10 nitrogen and oxygen atoms in total. The van der Waals surface area contributed by atoms with Crippen molar-refractivity contribution in [1.29, 1.82) is 5.26 Å². The van der Waals surface area contributed by atoms with Crippen LogP contribution in [0.5, 0.6) is 0 Å². The smallest absolute Gasteiger partial charge is 0.411 e. The van der Waals surface area contributed by atoms with Gasteiger partial charge in [-0.3, -0.25) is 19.2 Å². The van der Waals surface area contributed by atoms with Crippen molar-refractivity contribution in [2.75, 3.05) is 7.11 Å². The molecule has 1 aliphatic carbocycles. The van der Waals surface area contributed by atoms with E-state index in [0.29, 0.717) is 11.1 Å². The molecule has 2 aliphatic rings. The SMILES string of the molecule is COC(=O)Cn1cc(-c2ccc(C[C@@H](C#N)NC(=O)C3C4CCC(C4)N3C(=O)OC(C)(C)C)c(F)c2)cn1. The number of halogens is 1. The van der Waals surface area contributed by atoms with Crippen molar-refractivity contribution in [3.05, 3.63) is 42.0 Å². The first-order valence-electron chi connectivity index (χ1n) is 12.6. The molecule has 1 saturated carbocycles. The Morgan fingerprint density at radius 2 is 2.03 bits per heavy atom. The lowest BCUT2D eigenvalue weighted by atomic mass is 9.97. The number of nitrogens with one attached hydrogen (secondary N) is 1. The minimum absolute atomic E-state index is 0.00276. The molecular formula is C27H32FN5O5. The molecule has 2 amide bonds. The first-order valence-corrected chi connectivity index (χ1v) is 12.6. The number of hydrogen-bond acceptors (Lipinski definition) is 7. The Balaban J connectivity index is 1.43. The number of carbonyl (C=O) groups excluding carboxylic acids is 3. The van der Waals surface area contributed by atoms with Crippen molar-refractivity contribution < 1.29 is 28.2 Å². The van der Waals surface area contributed by atoms with Crippen molar-refractivity contribution in [2.45, 2.75) is 76.7 Å². The maximum atomic E-state index is 15.0. The number of piperidine rings is 1. The van der Waals surface area contributed by atoms with E-state index >= 15 is 0 Å². The fraction of sp³-hybridized carbons (Fsp3) is 0.519. The highest BCUT2D eigenvalue weighted by atomic mass is 19.1. The molecule has 4 atom stereocenters. The minimum Gasteiger partial charge on any atom is -0.468 e. The van der Waals surface area contributed by atoms with Crippen molar-refractivity contribution >= 4 is 18.0 Å². The van der Waals surface area contributed by atoms with E-state index in [0.717, 1.165) is 19.3 Å². The molecule has 2 heterocycles. The van der Waals surface area contributed by atoms with Crippen molar-refractivity contribution in [1.82, 2.24) is 20.0 Å². The summed E-state index contributed by atoms with van der Waals surface area (Å²) in [4.78, 5) is 39.1. The molecule has 1 saturated heterocycles. The lowest BCUT2D eigenvalue weighted by Crippen LogP contribution is -2.55. The Morgan fingerprint density at radius 3 is 2.68 bits per heavy atom. The first kappa shape index (κ1) is 27.1. The predicted molar refractivity (Wildman–Crippen MR) is 134 cm³/mol. The van der Waals surface area contributed by atoms with Crippen LogP contribution in [0.15, 0.2) is 30.6 Å². The minimum atomic E-state index is -0.981. The third-order valence-corrected chi connectivity index (χ3v) is 6.89. The first-order chi connectivity index (χ1) is 18.0. The van der Waals surface area contributed by atoms with E-state index in [4.69, 9.17) is 4.74 Å². The summed E-state index contributed by atoms with van der Waals surface area (Å²) in [6.07, 6.45) is 4.91. The lowest BCUT2D eigenvalue weighted by molar-refractivity contribution is -0.141. The average Bonchev–Trinajstić information content (AvgIpc) is 3.60. The second kappa shape index (κ2) is 10.8. The van der Waals surface area contributed by atoms with E-state index in [-0.39, 0.29) is 30.5 Å². The Labute approximate surface area is 220 Å². The van der Waals surface area contributed by atoms with Crippen LogP contribution in [0.1, 0.15) is 45.6 Å². The van der Waals surface area contributed by atoms with Crippen LogP contribution in [0.2, 0.25) is 0 Å². The van der Waals surface area contributed by atoms with Gasteiger partial charge in [-0.15, -0.1) is 0 Å². The topological polar surface area (TPSA) is 127 Å². The normalized spacial score (nSPS) is 21.1. The second-order valence-electron chi connectivity index (χ2n) is 10.8. The molecule has 2 aromatic rings. The van der Waals surface area contributed by atoms with Crippen LogP contribution in [0.25, 0.3) is 11.1 Å². The molecule has 2 fully saturated rings. The van der Waals surface area contributed by atoms with E-state index in [1.54, 1.807) is 39.1 Å². The van der Waals surface area contributed by atoms with Crippen LogP contribution in [-0.4, -0.2) is 63.5 Å². The van der Waals surface area contributed by atoms with Gasteiger partial charge in [0.2, 0.25) is 5.91 Å². The van der Waals surface area contributed by atoms with Gasteiger partial charge in [-0.2, -0.15) is 10.4 Å². The number of nitriles is 1. The van der Waals surface area contributed by atoms with Gasteiger partial charge < -0.3 is 14.8 Å². The molecule has 4 rings (SSSR count). The molecule has 1 aromatic carbocycles. The number of likely N-dealkylation sites (tertiary alicyclic amines) is 1. The molecule has 1 aliphatic heterocycles. The van der Waals surface area contributed by atoms with Gasteiger partial charge >= 0.3 is 12.1 Å². The quantitative estimate of drug-likeness (QED) is 0.550. The van der Waals surface area contributed by atoms with Gasteiger partial charge in [-0.25, -0.2) is 9.18 Å². The van der Waals surface area contributed by atoms with Crippen LogP contribution >= 0.6 is 0 Å². The number of benzene rings is 1. The largest absolute Gasteiger partial charge is 0.468 e. The molecule has 2 bridgehead atoms. The van der Waals surface area contributed by atoms with E-state index < -0.39 is 41.5 Å². The summed E-state index contributed by atoms with van der Waals surface area (Å²) >= 11 is 0. The zero-order valence-electron chi connectivity index (χ0n) is 21.9. The highest BCUT2D eigenvalue weighted by molar-refractivity contribution is 5.87. The van der Waals surface area contributed by atoms with Crippen molar-refractivity contribution in [3.63, 3.8) is 0 Å². The fourth-order valence-corrected chi connectivity index (χ4v) is 5.20. The molecular weight excluding hydrogens is 493 g/mol. The number of nitrogens with zero attached hydrogens (tertiary/aromatic N) is 4. The third kappa shape index (κ3) is 5.96. The molecule has 38 heavy (non-hydrogen) atoms. The average molecular weight is 526 g/mol. The number of ether oxygens (including phenoxy) is 2. The Kier molecular flexibility index (Phi) is 7.71. The van der Waals surface area contributed by atoms with Gasteiger partial charge in [0.25, 0.3) is 0 Å². The number of esters is 1. The molecule has 1 aromatic heterocycles. The number of fused-ring (bicyclic) bond motifs is 2. The molecule has 0 radical (unpaired) electrons. The summed E-state index contributed by atoms with van der Waals surface area (Å²) in [5.41, 5.74) is 0.733. The van der Waals surface area contributed by atoms with Crippen LogP contribution < -0.4 is 5.32 Å². The molecule has 202 valence electrons. The van der Waals surface area contributed by atoms with Gasteiger partial charge in [0.1, 0.15) is 30.0 Å². The number of hydrogen-bond donors (Lipinski definition) is 1. The highest BCUT2D eigenvalue weighted by Gasteiger charge is 2.52. The summed E-state index contributed by atoms with van der Waals surface area (Å²) in [6, 6.07) is 4.86. The Hall–Kier alpha value is -3.94. The van der Waals surface area contributed by atoms with Gasteiger partial charge in [-0.1, -0.05) is 12.1 Å². The number of methoxy groups -OCH3 is 1. The Bertz CT molecular complexity index is 1260. The highest BCUT2D eigenvalue weighted by Crippen LogP contribution is 2.43. The van der Waals surface area contributed by atoms with Crippen LogP contribution in [-0.2, 0) is 32.0 Å². The van der Waals surface area contributed by atoms with E-state index in [9.17, 15) is 24.0 Å². The number of rotatable bonds is 7. The zero-order chi connectivity index (χ0) is 27.6. The monoisotopic (exact) mass is 525 g/mol. The molecule has 0 spiro atoms. The van der Waals surface area contributed by atoms with Gasteiger partial charge in [0, 0.05) is 24.2 Å². The van der Waals surface area contributed by atoms with E-state index in [2.05, 4.69) is 15.2 Å². The number of aromatic nitrogens is 2. The van der Waals surface area contributed by atoms with Gasteiger partial charge in [-0.05, 0) is 63.1 Å². The van der Waals surface area contributed by atoms with Crippen LogP contribution in [0.3, 0.4) is 0 Å². The summed E-state index contributed by atoms with van der Waals surface area (Å²) in [5.74, 6) is -1.41. The van der Waals surface area contributed by atoms with E-state index in [1.807, 2.05) is 6.07 Å². The van der Waals surface area contributed by atoms with Crippen molar-refractivity contribution in [2.24, 2.45) is 5.92 Å². The van der Waals surface area contributed by atoms with Gasteiger partial charge in [0.15, 0.2) is 0 Å².